The monoisotopic (exact) mass is 281 g/mol. The van der Waals surface area contributed by atoms with E-state index in [-0.39, 0.29) is 5.91 Å². The first-order valence-corrected chi connectivity index (χ1v) is 7.43. The molecule has 0 aromatic heterocycles. The molecule has 0 aliphatic rings. The summed E-state index contributed by atoms with van der Waals surface area (Å²) in [5.41, 5.74) is 6.01. The number of hydrogen-bond acceptors (Lipinski definition) is 1. The van der Waals surface area contributed by atoms with Crippen molar-refractivity contribution in [1.82, 2.24) is 5.32 Å². The number of carbonyl (C=O) groups is 1. The van der Waals surface area contributed by atoms with E-state index in [4.69, 9.17) is 0 Å². The zero-order valence-corrected chi connectivity index (χ0v) is 13.1. The van der Waals surface area contributed by atoms with Crippen molar-refractivity contribution in [2.75, 3.05) is 6.54 Å². The Morgan fingerprint density at radius 3 is 2.52 bits per heavy atom. The number of nitrogens with one attached hydrogen (secondary N) is 1. The number of hydrogen-bond donors (Lipinski definition) is 1. The average Bonchev–Trinajstić information content (AvgIpc) is 2.43. The maximum atomic E-state index is 12.0. The fourth-order valence-electron chi connectivity index (χ4n) is 2.44. The van der Waals surface area contributed by atoms with E-state index < -0.39 is 0 Å². The highest BCUT2D eigenvalue weighted by atomic mass is 16.1. The second-order valence-electron chi connectivity index (χ2n) is 5.70. The van der Waals surface area contributed by atoms with Crippen LogP contribution in [-0.4, -0.2) is 12.5 Å². The third kappa shape index (κ3) is 4.75. The molecular weight excluding hydrogens is 258 g/mol. The minimum atomic E-state index is 0.0938. The molecule has 0 aliphatic heterocycles. The van der Waals surface area contributed by atoms with E-state index in [9.17, 15) is 4.79 Å². The van der Waals surface area contributed by atoms with Crippen molar-refractivity contribution in [2.24, 2.45) is 0 Å². The number of carbonyl (C=O) groups excluding carboxylic acids is 1. The minimum Gasteiger partial charge on any atom is -0.355 e. The van der Waals surface area contributed by atoms with Gasteiger partial charge in [0, 0.05) is 6.54 Å². The highest BCUT2D eigenvalue weighted by molar-refractivity contribution is 5.79. The van der Waals surface area contributed by atoms with Crippen LogP contribution >= 0.6 is 0 Å². The Kier molecular flexibility index (Phi) is 5.15. The molecule has 0 saturated carbocycles. The van der Waals surface area contributed by atoms with E-state index in [1.165, 1.54) is 22.3 Å². The highest BCUT2D eigenvalue weighted by Crippen LogP contribution is 2.11. The van der Waals surface area contributed by atoms with Crippen LogP contribution in [-0.2, 0) is 17.6 Å². The van der Waals surface area contributed by atoms with Gasteiger partial charge in [0.2, 0.25) is 5.91 Å². The minimum absolute atomic E-state index is 0.0938. The summed E-state index contributed by atoms with van der Waals surface area (Å²) in [4.78, 5) is 12.0. The maximum Gasteiger partial charge on any atom is 0.224 e. The lowest BCUT2D eigenvalue weighted by atomic mass is 10.0. The third-order valence-electron chi connectivity index (χ3n) is 3.67. The van der Waals surface area contributed by atoms with Crippen LogP contribution in [0.25, 0.3) is 0 Å². The summed E-state index contributed by atoms with van der Waals surface area (Å²) in [6.07, 6.45) is 1.33. The SMILES string of the molecule is Cc1cccc(CCNC(=O)Cc2cc(C)ccc2C)c1. The highest BCUT2D eigenvalue weighted by Gasteiger charge is 2.06. The molecule has 0 aliphatic carbocycles. The van der Waals surface area contributed by atoms with Crippen LogP contribution in [0, 0.1) is 20.8 Å². The topological polar surface area (TPSA) is 29.1 Å². The van der Waals surface area contributed by atoms with Gasteiger partial charge in [-0.05, 0) is 43.9 Å². The van der Waals surface area contributed by atoms with E-state index in [0.29, 0.717) is 13.0 Å². The summed E-state index contributed by atoms with van der Waals surface area (Å²) in [7, 11) is 0. The smallest absolute Gasteiger partial charge is 0.224 e. The standard InChI is InChI=1S/C19H23NO/c1-14-5-4-6-17(11-14)9-10-20-19(21)13-18-12-15(2)7-8-16(18)3/h4-8,11-12H,9-10,13H2,1-3H3,(H,20,21). The van der Waals surface area contributed by atoms with Crippen LogP contribution < -0.4 is 5.32 Å². The molecule has 0 heterocycles. The maximum absolute atomic E-state index is 12.0. The van der Waals surface area contributed by atoms with Gasteiger partial charge in [0.1, 0.15) is 0 Å². The zero-order chi connectivity index (χ0) is 15.2. The summed E-state index contributed by atoms with van der Waals surface area (Å²) in [5, 5.41) is 3.01. The molecular formula is C19H23NO. The van der Waals surface area contributed by atoms with Crippen molar-refractivity contribution in [3.05, 3.63) is 70.3 Å². The van der Waals surface area contributed by atoms with E-state index >= 15 is 0 Å². The van der Waals surface area contributed by atoms with Crippen molar-refractivity contribution in [2.45, 2.75) is 33.6 Å². The van der Waals surface area contributed by atoms with Crippen molar-refractivity contribution in [3.63, 3.8) is 0 Å². The van der Waals surface area contributed by atoms with E-state index in [1.807, 2.05) is 0 Å². The van der Waals surface area contributed by atoms with Crippen LogP contribution in [0.4, 0.5) is 0 Å². The lowest BCUT2D eigenvalue weighted by Crippen LogP contribution is -2.27. The molecule has 21 heavy (non-hydrogen) atoms. The Labute approximate surface area is 127 Å². The molecule has 0 bridgehead atoms. The third-order valence-corrected chi connectivity index (χ3v) is 3.67. The fourth-order valence-corrected chi connectivity index (χ4v) is 2.44. The van der Waals surface area contributed by atoms with Crippen LogP contribution in [0.3, 0.4) is 0 Å². The van der Waals surface area contributed by atoms with Gasteiger partial charge in [0.15, 0.2) is 0 Å². The van der Waals surface area contributed by atoms with Gasteiger partial charge in [-0.3, -0.25) is 4.79 Å². The normalized spacial score (nSPS) is 10.4. The summed E-state index contributed by atoms with van der Waals surface area (Å²) in [6.45, 7) is 6.88. The summed E-state index contributed by atoms with van der Waals surface area (Å²) >= 11 is 0. The Hall–Kier alpha value is -2.09. The van der Waals surface area contributed by atoms with Crippen molar-refractivity contribution in [1.29, 1.82) is 0 Å². The molecule has 2 heteroatoms. The average molecular weight is 281 g/mol. The molecule has 0 radical (unpaired) electrons. The number of rotatable bonds is 5. The molecule has 0 unspecified atom stereocenters. The molecule has 0 saturated heterocycles. The predicted octanol–water partition coefficient (Wildman–Crippen LogP) is 3.51. The fraction of sp³-hybridized carbons (Fsp3) is 0.316. The van der Waals surface area contributed by atoms with Crippen LogP contribution in [0.2, 0.25) is 0 Å². The quantitative estimate of drug-likeness (QED) is 0.892. The molecule has 0 spiro atoms. The molecule has 1 N–H and O–H groups in total. The largest absolute Gasteiger partial charge is 0.355 e. The Bertz CT molecular complexity index is 631. The van der Waals surface area contributed by atoms with Gasteiger partial charge >= 0.3 is 0 Å². The second kappa shape index (κ2) is 7.07. The van der Waals surface area contributed by atoms with Crippen LogP contribution in [0.1, 0.15) is 27.8 Å². The second-order valence-corrected chi connectivity index (χ2v) is 5.70. The van der Waals surface area contributed by atoms with Gasteiger partial charge in [-0.2, -0.15) is 0 Å². The van der Waals surface area contributed by atoms with Crippen LogP contribution in [0.15, 0.2) is 42.5 Å². The van der Waals surface area contributed by atoms with Crippen LogP contribution in [0.5, 0.6) is 0 Å². The molecule has 0 fully saturated rings. The number of aryl methyl sites for hydroxylation is 3. The molecule has 2 nitrogen and oxygen atoms in total. The first-order valence-electron chi connectivity index (χ1n) is 7.43. The van der Waals surface area contributed by atoms with Gasteiger partial charge < -0.3 is 5.32 Å². The van der Waals surface area contributed by atoms with Gasteiger partial charge in [0.05, 0.1) is 6.42 Å². The first kappa shape index (κ1) is 15.3. The lowest BCUT2D eigenvalue weighted by Gasteiger charge is -2.09. The van der Waals surface area contributed by atoms with E-state index in [0.717, 1.165) is 12.0 Å². The molecule has 110 valence electrons. The summed E-state index contributed by atoms with van der Waals surface area (Å²) < 4.78 is 0. The predicted molar refractivity (Wildman–Crippen MR) is 87.5 cm³/mol. The van der Waals surface area contributed by atoms with Gasteiger partial charge in [-0.15, -0.1) is 0 Å². The number of benzene rings is 2. The first-order chi connectivity index (χ1) is 10.0. The van der Waals surface area contributed by atoms with Gasteiger partial charge in [-0.1, -0.05) is 53.6 Å². The Morgan fingerprint density at radius 1 is 1.00 bits per heavy atom. The van der Waals surface area contributed by atoms with Crippen molar-refractivity contribution in [3.8, 4) is 0 Å². The molecule has 0 atom stereocenters. The zero-order valence-electron chi connectivity index (χ0n) is 13.1. The summed E-state index contributed by atoms with van der Waals surface area (Å²) in [6, 6.07) is 14.7. The number of amides is 1. The molecule has 2 rings (SSSR count). The Morgan fingerprint density at radius 2 is 1.76 bits per heavy atom. The molecule has 2 aromatic carbocycles. The van der Waals surface area contributed by atoms with Gasteiger partial charge in [0.25, 0.3) is 0 Å². The molecule has 2 aromatic rings. The van der Waals surface area contributed by atoms with E-state index in [1.54, 1.807) is 0 Å². The summed E-state index contributed by atoms with van der Waals surface area (Å²) in [5.74, 6) is 0.0938. The van der Waals surface area contributed by atoms with Gasteiger partial charge in [-0.25, -0.2) is 0 Å². The lowest BCUT2D eigenvalue weighted by molar-refractivity contribution is -0.120. The van der Waals surface area contributed by atoms with E-state index in [2.05, 4.69) is 68.6 Å². The Balaban J connectivity index is 1.84. The molecule has 1 amide bonds. The van der Waals surface area contributed by atoms with Crippen molar-refractivity contribution < 1.29 is 4.79 Å². The van der Waals surface area contributed by atoms with Crippen molar-refractivity contribution >= 4 is 5.91 Å².